The van der Waals surface area contributed by atoms with Gasteiger partial charge in [-0.3, -0.25) is 4.79 Å². The van der Waals surface area contributed by atoms with Crippen LogP contribution in [0, 0.1) is 12.3 Å². The molecular weight excluding hydrogens is 306 g/mol. The maximum absolute atomic E-state index is 12.1. The number of benzene rings is 1. The number of nitrogens with one attached hydrogen (secondary N) is 1. The highest BCUT2D eigenvalue weighted by Crippen LogP contribution is 2.22. The zero-order valence-corrected chi connectivity index (χ0v) is 13.4. The van der Waals surface area contributed by atoms with Crippen molar-refractivity contribution < 1.29 is 9.90 Å². The van der Waals surface area contributed by atoms with Crippen molar-refractivity contribution in [2.24, 2.45) is 5.41 Å². The fraction of sp³-hybridized carbons (Fsp3) is 0.533. The Morgan fingerprint density at radius 2 is 2.11 bits per heavy atom. The molecule has 3 nitrogen and oxygen atoms in total. The SMILES string of the molecule is Cc1ccc(C(=O)NCC(C)(C)CCCO)c(Br)c1. The first-order valence-electron chi connectivity index (χ1n) is 6.51. The van der Waals surface area contributed by atoms with Gasteiger partial charge < -0.3 is 10.4 Å². The number of carbonyl (C=O) groups is 1. The van der Waals surface area contributed by atoms with E-state index in [-0.39, 0.29) is 17.9 Å². The van der Waals surface area contributed by atoms with Crippen molar-refractivity contribution in [3.8, 4) is 0 Å². The molecule has 0 unspecified atom stereocenters. The smallest absolute Gasteiger partial charge is 0.252 e. The van der Waals surface area contributed by atoms with E-state index in [1.165, 1.54) is 0 Å². The first kappa shape index (κ1) is 16.2. The van der Waals surface area contributed by atoms with Crippen LogP contribution in [0.2, 0.25) is 0 Å². The molecule has 0 spiro atoms. The summed E-state index contributed by atoms with van der Waals surface area (Å²) in [6.07, 6.45) is 1.65. The van der Waals surface area contributed by atoms with Crippen molar-refractivity contribution in [2.45, 2.75) is 33.6 Å². The van der Waals surface area contributed by atoms with Gasteiger partial charge in [-0.05, 0) is 58.8 Å². The Balaban J connectivity index is 2.60. The summed E-state index contributed by atoms with van der Waals surface area (Å²) in [4.78, 5) is 12.1. The van der Waals surface area contributed by atoms with Crippen molar-refractivity contribution >= 4 is 21.8 Å². The first-order valence-corrected chi connectivity index (χ1v) is 7.30. The molecule has 0 atom stereocenters. The molecule has 1 rings (SSSR count). The molecule has 0 fully saturated rings. The second-order valence-corrected chi connectivity index (χ2v) is 6.51. The van der Waals surface area contributed by atoms with Crippen molar-refractivity contribution in [2.75, 3.05) is 13.2 Å². The van der Waals surface area contributed by atoms with Crippen LogP contribution >= 0.6 is 15.9 Å². The molecule has 0 radical (unpaired) electrons. The lowest BCUT2D eigenvalue weighted by atomic mass is 9.88. The largest absolute Gasteiger partial charge is 0.396 e. The molecule has 106 valence electrons. The minimum absolute atomic E-state index is 0.00440. The van der Waals surface area contributed by atoms with Gasteiger partial charge in [0.2, 0.25) is 0 Å². The van der Waals surface area contributed by atoms with Crippen molar-refractivity contribution in [3.63, 3.8) is 0 Å². The Morgan fingerprint density at radius 3 is 2.68 bits per heavy atom. The normalized spacial score (nSPS) is 11.4. The topological polar surface area (TPSA) is 49.3 Å². The van der Waals surface area contributed by atoms with Crippen LogP contribution in [0.4, 0.5) is 0 Å². The van der Waals surface area contributed by atoms with Crippen LogP contribution in [0.3, 0.4) is 0 Å². The number of halogens is 1. The highest BCUT2D eigenvalue weighted by atomic mass is 79.9. The fourth-order valence-electron chi connectivity index (χ4n) is 1.87. The van der Waals surface area contributed by atoms with Gasteiger partial charge in [0.25, 0.3) is 5.91 Å². The first-order chi connectivity index (χ1) is 8.85. The number of amides is 1. The number of aliphatic hydroxyl groups is 1. The summed E-state index contributed by atoms with van der Waals surface area (Å²) in [6.45, 7) is 6.97. The highest BCUT2D eigenvalue weighted by Gasteiger charge is 2.19. The Bertz CT molecular complexity index is 444. The summed E-state index contributed by atoms with van der Waals surface area (Å²) in [5.41, 5.74) is 1.77. The fourth-order valence-corrected chi connectivity index (χ4v) is 2.54. The van der Waals surface area contributed by atoms with Crippen LogP contribution in [-0.4, -0.2) is 24.2 Å². The van der Waals surface area contributed by atoms with E-state index in [9.17, 15) is 4.79 Å². The van der Waals surface area contributed by atoms with E-state index < -0.39 is 0 Å². The van der Waals surface area contributed by atoms with Gasteiger partial charge in [0.15, 0.2) is 0 Å². The third kappa shape index (κ3) is 5.33. The van der Waals surface area contributed by atoms with Crippen LogP contribution in [0.25, 0.3) is 0 Å². The molecule has 0 aliphatic rings. The average Bonchev–Trinajstić information content (AvgIpc) is 2.34. The standard InChI is InChI=1S/C15H22BrNO2/c1-11-5-6-12(13(16)9-11)14(19)17-10-15(2,3)7-4-8-18/h5-6,9,18H,4,7-8,10H2,1-3H3,(H,17,19). The van der Waals surface area contributed by atoms with Crippen molar-refractivity contribution in [1.82, 2.24) is 5.32 Å². The van der Waals surface area contributed by atoms with Crippen LogP contribution in [0.5, 0.6) is 0 Å². The maximum atomic E-state index is 12.1. The quantitative estimate of drug-likeness (QED) is 0.842. The van der Waals surface area contributed by atoms with E-state index in [4.69, 9.17) is 5.11 Å². The molecule has 4 heteroatoms. The molecule has 1 aromatic rings. The molecule has 19 heavy (non-hydrogen) atoms. The lowest BCUT2D eigenvalue weighted by molar-refractivity contribution is 0.0932. The van der Waals surface area contributed by atoms with Gasteiger partial charge in [-0.25, -0.2) is 0 Å². The van der Waals surface area contributed by atoms with Gasteiger partial charge >= 0.3 is 0 Å². The van der Waals surface area contributed by atoms with Gasteiger partial charge in [-0.2, -0.15) is 0 Å². The molecule has 1 aromatic carbocycles. The number of aryl methyl sites for hydroxylation is 1. The number of hydrogen-bond donors (Lipinski definition) is 2. The Hall–Kier alpha value is -0.870. The van der Waals surface area contributed by atoms with E-state index in [2.05, 4.69) is 35.1 Å². The predicted octanol–water partition coefficient (Wildman–Crippen LogP) is 3.29. The lowest BCUT2D eigenvalue weighted by Crippen LogP contribution is -2.34. The Morgan fingerprint density at radius 1 is 1.42 bits per heavy atom. The summed E-state index contributed by atoms with van der Waals surface area (Å²) in [5.74, 6) is -0.0658. The van der Waals surface area contributed by atoms with E-state index in [0.29, 0.717) is 12.1 Å². The van der Waals surface area contributed by atoms with Crippen LogP contribution in [-0.2, 0) is 0 Å². The molecule has 1 amide bonds. The minimum Gasteiger partial charge on any atom is -0.396 e. The van der Waals surface area contributed by atoms with Gasteiger partial charge in [0.1, 0.15) is 0 Å². The Kier molecular flexibility index (Phi) is 6.01. The van der Waals surface area contributed by atoms with Gasteiger partial charge in [0, 0.05) is 17.6 Å². The molecule has 0 saturated heterocycles. The number of rotatable bonds is 6. The maximum Gasteiger partial charge on any atom is 0.252 e. The molecule has 0 aliphatic heterocycles. The Labute approximate surface area is 123 Å². The molecule has 0 bridgehead atoms. The zero-order chi connectivity index (χ0) is 14.5. The van der Waals surface area contributed by atoms with E-state index >= 15 is 0 Å². The average molecular weight is 328 g/mol. The zero-order valence-electron chi connectivity index (χ0n) is 11.8. The third-order valence-corrected chi connectivity index (χ3v) is 3.76. The van der Waals surface area contributed by atoms with E-state index in [1.54, 1.807) is 0 Å². The van der Waals surface area contributed by atoms with Crippen LogP contribution in [0.1, 0.15) is 42.6 Å². The van der Waals surface area contributed by atoms with Gasteiger partial charge in [0.05, 0.1) is 5.56 Å². The number of carbonyl (C=O) groups excluding carboxylic acids is 1. The minimum atomic E-state index is -0.0658. The summed E-state index contributed by atoms with van der Waals surface area (Å²) < 4.78 is 0.818. The second kappa shape index (κ2) is 7.06. The van der Waals surface area contributed by atoms with E-state index in [0.717, 1.165) is 22.9 Å². The van der Waals surface area contributed by atoms with Crippen LogP contribution in [0.15, 0.2) is 22.7 Å². The highest BCUT2D eigenvalue weighted by molar-refractivity contribution is 9.10. The van der Waals surface area contributed by atoms with Crippen molar-refractivity contribution in [3.05, 3.63) is 33.8 Å². The molecule has 0 aliphatic carbocycles. The summed E-state index contributed by atoms with van der Waals surface area (Å²) in [6, 6.07) is 5.69. The second-order valence-electron chi connectivity index (χ2n) is 5.66. The summed E-state index contributed by atoms with van der Waals surface area (Å²) >= 11 is 3.42. The summed E-state index contributed by atoms with van der Waals surface area (Å²) in [5, 5.41) is 11.8. The molecule has 0 heterocycles. The van der Waals surface area contributed by atoms with E-state index in [1.807, 2.05) is 25.1 Å². The molecule has 2 N–H and O–H groups in total. The van der Waals surface area contributed by atoms with Crippen LogP contribution < -0.4 is 5.32 Å². The van der Waals surface area contributed by atoms with Gasteiger partial charge in [-0.15, -0.1) is 0 Å². The number of aliphatic hydroxyl groups excluding tert-OH is 1. The molecule has 0 saturated carbocycles. The lowest BCUT2D eigenvalue weighted by Gasteiger charge is -2.24. The molecule has 0 aromatic heterocycles. The monoisotopic (exact) mass is 327 g/mol. The summed E-state index contributed by atoms with van der Waals surface area (Å²) in [7, 11) is 0. The third-order valence-electron chi connectivity index (χ3n) is 3.11. The number of hydrogen-bond acceptors (Lipinski definition) is 2. The van der Waals surface area contributed by atoms with Gasteiger partial charge in [-0.1, -0.05) is 19.9 Å². The molecular formula is C15H22BrNO2. The van der Waals surface area contributed by atoms with Crippen molar-refractivity contribution in [1.29, 1.82) is 0 Å². The predicted molar refractivity (Wildman–Crippen MR) is 81.3 cm³/mol.